The molecule has 1 atom stereocenters. The summed E-state index contributed by atoms with van der Waals surface area (Å²) in [6.45, 7) is 2.02. The van der Waals surface area contributed by atoms with Crippen LogP contribution in [0.1, 0.15) is 19.3 Å². The van der Waals surface area contributed by atoms with E-state index >= 15 is 0 Å². The number of anilines is 1. The molecule has 1 unspecified atom stereocenters. The van der Waals surface area contributed by atoms with Crippen LogP contribution in [-0.4, -0.2) is 24.1 Å². The van der Waals surface area contributed by atoms with Crippen LogP contribution in [0.4, 0.5) is 5.69 Å². The Morgan fingerprint density at radius 1 is 1.58 bits per heavy atom. The summed E-state index contributed by atoms with van der Waals surface area (Å²) < 4.78 is 0.671. The van der Waals surface area contributed by atoms with Crippen molar-refractivity contribution in [1.29, 1.82) is 0 Å². The maximum Gasteiger partial charge on any atom is 0.224 e. The van der Waals surface area contributed by atoms with Crippen molar-refractivity contribution in [1.82, 2.24) is 5.32 Å². The Hall–Kier alpha value is -0.780. The van der Waals surface area contributed by atoms with E-state index in [0.29, 0.717) is 21.8 Å². The van der Waals surface area contributed by atoms with E-state index < -0.39 is 0 Å². The Balaban J connectivity index is 1.91. The zero-order valence-corrected chi connectivity index (χ0v) is 12.7. The summed E-state index contributed by atoms with van der Waals surface area (Å²) in [5, 5.41) is 16.0. The number of nitrogens with one attached hydrogen (secondary N) is 2. The van der Waals surface area contributed by atoms with Gasteiger partial charge < -0.3 is 15.7 Å². The van der Waals surface area contributed by atoms with Gasteiger partial charge in [0, 0.05) is 10.9 Å². The largest absolute Gasteiger partial charge is 0.506 e. The van der Waals surface area contributed by atoms with E-state index in [1.807, 2.05) is 0 Å². The first-order valence-electron chi connectivity index (χ1n) is 6.25. The molecule has 1 aromatic rings. The van der Waals surface area contributed by atoms with Gasteiger partial charge in [0.2, 0.25) is 5.91 Å². The number of phenols is 1. The van der Waals surface area contributed by atoms with Crippen LogP contribution in [-0.2, 0) is 4.79 Å². The van der Waals surface area contributed by atoms with Gasteiger partial charge in [-0.05, 0) is 44.0 Å². The Bertz CT molecular complexity index is 453. The summed E-state index contributed by atoms with van der Waals surface area (Å²) in [4.78, 5) is 11.8. The normalized spacial score (nSPS) is 18.5. The molecule has 4 nitrogen and oxygen atoms in total. The predicted molar refractivity (Wildman–Crippen MR) is 79.7 cm³/mol. The summed E-state index contributed by atoms with van der Waals surface area (Å²) >= 11 is 9.22. The van der Waals surface area contributed by atoms with Crippen LogP contribution in [0.5, 0.6) is 5.75 Å². The van der Waals surface area contributed by atoms with E-state index in [4.69, 9.17) is 11.6 Å². The summed E-state index contributed by atoms with van der Waals surface area (Å²) in [5.74, 6) is 0.418. The fraction of sp³-hybridized carbons (Fsp3) is 0.462. The number of halogens is 2. The molecule has 0 spiro atoms. The molecule has 104 valence electrons. The van der Waals surface area contributed by atoms with Gasteiger partial charge in [-0.15, -0.1) is 0 Å². The molecular formula is C13H16BrClN2O2. The van der Waals surface area contributed by atoms with Gasteiger partial charge in [-0.2, -0.15) is 0 Å². The van der Waals surface area contributed by atoms with Crippen molar-refractivity contribution in [2.45, 2.75) is 19.3 Å². The van der Waals surface area contributed by atoms with Crippen LogP contribution >= 0.6 is 27.5 Å². The number of amides is 1. The van der Waals surface area contributed by atoms with E-state index in [1.54, 1.807) is 6.07 Å². The van der Waals surface area contributed by atoms with Crippen LogP contribution in [0.2, 0.25) is 5.02 Å². The maximum absolute atomic E-state index is 11.8. The number of phenolic OH excluding ortho intramolecular Hbond substituents is 1. The molecule has 1 aliphatic rings. The second kappa shape index (κ2) is 6.59. The monoisotopic (exact) mass is 346 g/mol. The highest BCUT2D eigenvalue weighted by atomic mass is 79.9. The standard InChI is InChI=1S/C13H16BrClN2O2/c14-9-5-10(15)13(11(18)6-9)17-12(19)2-1-8-3-4-16-7-8/h5-6,8,16,18H,1-4,7H2,(H,17,19). The van der Waals surface area contributed by atoms with Crippen molar-refractivity contribution in [2.24, 2.45) is 5.92 Å². The van der Waals surface area contributed by atoms with Crippen molar-refractivity contribution in [3.63, 3.8) is 0 Å². The molecule has 1 saturated heterocycles. The zero-order valence-electron chi connectivity index (χ0n) is 10.4. The molecule has 0 bridgehead atoms. The Labute approximate surface area is 125 Å². The van der Waals surface area contributed by atoms with Crippen LogP contribution in [0.25, 0.3) is 0 Å². The molecule has 0 aromatic heterocycles. The van der Waals surface area contributed by atoms with Gasteiger partial charge in [0.25, 0.3) is 0 Å². The fourth-order valence-electron chi connectivity index (χ4n) is 2.18. The lowest BCUT2D eigenvalue weighted by molar-refractivity contribution is -0.116. The molecular weight excluding hydrogens is 332 g/mol. The number of aromatic hydroxyl groups is 1. The highest BCUT2D eigenvalue weighted by Crippen LogP contribution is 2.35. The molecule has 1 aliphatic heterocycles. The third kappa shape index (κ3) is 4.09. The van der Waals surface area contributed by atoms with Gasteiger partial charge in [0.15, 0.2) is 0 Å². The van der Waals surface area contributed by atoms with Gasteiger partial charge in [0.1, 0.15) is 11.4 Å². The zero-order chi connectivity index (χ0) is 13.8. The molecule has 1 heterocycles. The third-order valence-corrected chi connectivity index (χ3v) is 4.00. The van der Waals surface area contributed by atoms with Crippen molar-refractivity contribution >= 4 is 39.1 Å². The van der Waals surface area contributed by atoms with Gasteiger partial charge in [0.05, 0.1) is 5.02 Å². The SMILES string of the molecule is O=C(CCC1CCNC1)Nc1c(O)cc(Br)cc1Cl. The van der Waals surface area contributed by atoms with Crippen molar-refractivity contribution < 1.29 is 9.90 Å². The maximum atomic E-state index is 11.8. The first kappa shape index (κ1) is 14.6. The lowest BCUT2D eigenvalue weighted by atomic mass is 10.0. The number of benzene rings is 1. The molecule has 19 heavy (non-hydrogen) atoms. The fourth-order valence-corrected chi connectivity index (χ4v) is 3.02. The quantitative estimate of drug-likeness (QED) is 0.733. The Kier molecular flexibility index (Phi) is 5.07. The first-order valence-corrected chi connectivity index (χ1v) is 7.42. The third-order valence-electron chi connectivity index (χ3n) is 3.24. The molecule has 0 aliphatic carbocycles. The van der Waals surface area contributed by atoms with Gasteiger partial charge >= 0.3 is 0 Å². The van der Waals surface area contributed by atoms with Gasteiger partial charge in [-0.3, -0.25) is 4.79 Å². The highest BCUT2D eigenvalue weighted by molar-refractivity contribution is 9.10. The molecule has 1 aromatic carbocycles. The molecule has 6 heteroatoms. The van der Waals surface area contributed by atoms with Crippen molar-refractivity contribution in [3.8, 4) is 5.75 Å². The lowest BCUT2D eigenvalue weighted by Gasteiger charge is -2.11. The number of rotatable bonds is 4. The number of hydrogen-bond donors (Lipinski definition) is 3. The van der Waals surface area contributed by atoms with Crippen molar-refractivity contribution in [3.05, 3.63) is 21.6 Å². The summed E-state index contributed by atoms with van der Waals surface area (Å²) in [6.07, 6.45) is 2.42. The number of hydrogen-bond acceptors (Lipinski definition) is 3. The minimum atomic E-state index is -0.119. The summed E-state index contributed by atoms with van der Waals surface area (Å²) in [5.41, 5.74) is 0.277. The number of carbonyl (C=O) groups excluding carboxylic acids is 1. The molecule has 2 rings (SSSR count). The summed E-state index contributed by atoms with van der Waals surface area (Å²) in [6, 6.07) is 3.14. The minimum Gasteiger partial charge on any atom is -0.506 e. The van der Waals surface area contributed by atoms with E-state index in [2.05, 4.69) is 26.6 Å². The predicted octanol–water partition coefficient (Wildman–Crippen LogP) is 3.14. The van der Waals surface area contributed by atoms with E-state index in [-0.39, 0.29) is 17.3 Å². The second-order valence-electron chi connectivity index (χ2n) is 4.73. The minimum absolute atomic E-state index is 0.0322. The average molecular weight is 348 g/mol. The topological polar surface area (TPSA) is 61.4 Å². The van der Waals surface area contributed by atoms with Gasteiger partial charge in [-0.1, -0.05) is 27.5 Å². The van der Waals surface area contributed by atoms with E-state index in [9.17, 15) is 9.90 Å². The van der Waals surface area contributed by atoms with Crippen LogP contribution < -0.4 is 10.6 Å². The molecule has 0 saturated carbocycles. The smallest absolute Gasteiger partial charge is 0.224 e. The summed E-state index contributed by atoms with van der Waals surface area (Å²) in [7, 11) is 0. The molecule has 1 amide bonds. The Morgan fingerprint density at radius 2 is 2.37 bits per heavy atom. The van der Waals surface area contributed by atoms with Gasteiger partial charge in [-0.25, -0.2) is 0 Å². The van der Waals surface area contributed by atoms with Crippen molar-refractivity contribution in [2.75, 3.05) is 18.4 Å². The molecule has 1 fully saturated rings. The highest BCUT2D eigenvalue weighted by Gasteiger charge is 2.17. The molecule has 3 N–H and O–H groups in total. The second-order valence-corrected chi connectivity index (χ2v) is 6.05. The molecule has 0 radical (unpaired) electrons. The Morgan fingerprint density at radius 3 is 3.00 bits per heavy atom. The van der Waals surface area contributed by atoms with E-state index in [1.165, 1.54) is 6.07 Å². The lowest BCUT2D eigenvalue weighted by Crippen LogP contribution is -2.15. The first-order chi connectivity index (χ1) is 9.06. The van der Waals surface area contributed by atoms with Crippen LogP contribution in [0.15, 0.2) is 16.6 Å². The van der Waals surface area contributed by atoms with Crippen LogP contribution in [0.3, 0.4) is 0 Å². The van der Waals surface area contributed by atoms with Crippen LogP contribution in [0, 0.1) is 5.92 Å². The average Bonchev–Trinajstić information content (AvgIpc) is 2.84. The number of carbonyl (C=O) groups is 1. The van der Waals surface area contributed by atoms with E-state index in [0.717, 1.165) is 25.9 Å².